The van der Waals surface area contributed by atoms with Gasteiger partial charge in [-0.15, -0.1) is 0 Å². The fourth-order valence-electron chi connectivity index (χ4n) is 2.80. The molecule has 0 radical (unpaired) electrons. The van der Waals surface area contributed by atoms with Crippen LogP contribution in [0.3, 0.4) is 0 Å². The number of amides is 2. The molecule has 1 N–H and O–H groups in total. The Bertz CT molecular complexity index is 818. The smallest absolute Gasteiger partial charge is 0.274 e. The average molecular weight is 308 g/mol. The molecule has 1 atom stereocenters. The fraction of sp³-hybridized carbons (Fsp3) is 0.235. The topological polar surface area (TPSA) is 80.2 Å². The van der Waals surface area contributed by atoms with Crippen LogP contribution < -0.4 is 9.80 Å². The number of aromatic nitrogens is 1. The molecular formula is C17H16N4O2. The van der Waals surface area contributed by atoms with Crippen molar-refractivity contribution in [2.24, 2.45) is 5.92 Å². The third-order valence-electron chi connectivity index (χ3n) is 4.03. The zero-order chi connectivity index (χ0) is 16.6. The first-order valence-electron chi connectivity index (χ1n) is 7.30. The third kappa shape index (κ3) is 2.46. The van der Waals surface area contributed by atoms with Crippen LogP contribution >= 0.6 is 0 Å². The van der Waals surface area contributed by atoms with Crippen molar-refractivity contribution in [2.45, 2.75) is 6.92 Å². The van der Waals surface area contributed by atoms with Gasteiger partial charge in [0.05, 0.1) is 22.9 Å². The summed E-state index contributed by atoms with van der Waals surface area (Å²) in [6, 6.07) is 10.8. The molecule has 0 spiro atoms. The molecule has 1 aliphatic heterocycles. The van der Waals surface area contributed by atoms with E-state index in [-0.39, 0.29) is 17.7 Å². The lowest BCUT2D eigenvalue weighted by Crippen LogP contribution is -2.37. The van der Waals surface area contributed by atoms with Crippen molar-refractivity contribution in [1.29, 1.82) is 5.26 Å². The van der Waals surface area contributed by atoms with Crippen LogP contribution in [0.15, 0.2) is 36.5 Å². The number of rotatable bonds is 1. The van der Waals surface area contributed by atoms with Crippen LogP contribution in [0.5, 0.6) is 0 Å². The van der Waals surface area contributed by atoms with Crippen LogP contribution in [0.2, 0.25) is 0 Å². The maximum absolute atomic E-state index is 12.9. The van der Waals surface area contributed by atoms with Crippen molar-refractivity contribution < 1.29 is 9.59 Å². The minimum absolute atomic E-state index is 0.0306. The Morgan fingerprint density at radius 3 is 2.70 bits per heavy atom. The van der Waals surface area contributed by atoms with Crippen LogP contribution in [0, 0.1) is 17.2 Å². The van der Waals surface area contributed by atoms with Gasteiger partial charge in [0, 0.05) is 19.8 Å². The van der Waals surface area contributed by atoms with Crippen molar-refractivity contribution in [3.8, 4) is 6.07 Å². The maximum atomic E-state index is 12.9. The molecule has 2 heterocycles. The summed E-state index contributed by atoms with van der Waals surface area (Å²) < 4.78 is 0. The second-order valence-electron chi connectivity index (χ2n) is 5.62. The molecule has 6 heteroatoms. The summed E-state index contributed by atoms with van der Waals surface area (Å²) in [6.45, 7) is 2.10. The number of para-hydroxylation sites is 2. The van der Waals surface area contributed by atoms with Gasteiger partial charge in [-0.1, -0.05) is 19.1 Å². The molecule has 23 heavy (non-hydrogen) atoms. The highest BCUT2D eigenvalue weighted by Gasteiger charge is 2.32. The van der Waals surface area contributed by atoms with E-state index in [1.54, 1.807) is 23.8 Å². The summed E-state index contributed by atoms with van der Waals surface area (Å²) in [7, 11) is 1.72. The number of hydrogen-bond acceptors (Lipinski definition) is 3. The van der Waals surface area contributed by atoms with Gasteiger partial charge in [0.25, 0.3) is 5.91 Å². The standard InChI is InChI=1S/C17H16N4O2/c1-11-10-21(17(23)13-7-12(8-18)9-19-13)15-6-4-3-5-14(15)20(2)16(11)22/h3-7,9,11,19H,10H2,1-2H3. The molecule has 116 valence electrons. The minimum Gasteiger partial charge on any atom is -0.356 e. The number of nitrogens with one attached hydrogen (secondary N) is 1. The fourth-order valence-corrected chi connectivity index (χ4v) is 2.80. The summed E-state index contributed by atoms with van der Waals surface area (Å²) in [4.78, 5) is 31.3. The van der Waals surface area contributed by atoms with Gasteiger partial charge in [0.15, 0.2) is 0 Å². The number of carbonyl (C=O) groups excluding carboxylic acids is 2. The number of carbonyl (C=O) groups is 2. The van der Waals surface area contributed by atoms with Crippen molar-refractivity contribution in [3.05, 3.63) is 47.8 Å². The Labute approximate surface area is 133 Å². The summed E-state index contributed by atoms with van der Waals surface area (Å²) in [5.74, 6) is -0.604. The number of anilines is 2. The van der Waals surface area contributed by atoms with E-state index in [1.165, 1.54) is 12.3 Å². The average Bonchev–Trinajstić information content (AvgIpc) is 3.03. The molecule has 1 aliphatic rings. The lowest BCUT2D eigenvalue weighted by Gasteiger charge is -2.23. The van der Waals surface area contributed by atoms with Gasteiger partial charge in [-0.25, -0.2) is 0 Å². The largest absolute Gasteiger partial charge is 0.356 e. The molecular weight excluding hydrogens is 292 g/mol. The SMILES string of the molecule is CC1CN(C(=O)c2cc(C#N)c[nH]2)c2ccccc2N(C)C1=O. The number of benzene rings is 1. The summed E-state index contributed by atoms with van der Waals surface area (Å²) in [5, 5.41) is 8.91. The molecule has 0 fully saturated rings. The molecule has 0 saturated heterocycles. The van der Waals surface area contributed by atoms with Crippen LogP contribution in [-0.4, -0.2) is 30.4 Å². The lowest BCUT2D eigenvalue weighted by molar-refractivity contribution is -0.121. The van der Waals surface area contributed by atoms with E-state index >= 15 is 0 Å². The number of fused-ring (bicyclic) bond motifs is 1. The highest BCUT2D eigenvalue weighted by molar-refractivity contribution is 6.10. The number of aromatic amines is 1. The summed E-state index contributed by atoms with van der Waals surface area (Å²) in [6.07, 6.45) is 1.50. The second kappa shape index (κ2) is 5.61. The van der Waals surface area contributed by atoms with Crippen LogP contribution in [0.25, 0.3) is 0 Å². The molecule has 1 aromatic heterocycles. The van der Waals surface area contributed by atoms with E-state index in [0.717, 1.165) is 0 Å². The Kier molecular flexibility index (Phi) is 3.62. The Morgan fingerprint density at radius 1 is 1.35 bits per heavy atom. The molecule has 2 aromatic rings. The normalized spacial score (nSPS) is 17.4. The van der Waals surface area contributed by atoms with E-state index in [0.29, 0.717) is 29.2 Å². The number of H-pyrrole nitrogens is 1. The van der Waals surface area contributed by atoms with Crippen molar-refractivity contribution in [3.63, 3.8) is 0 Å². The Hall–Kier alpha value is -3.07. The van der Waals surface area contributed by atoms with Gasteiger partial charge in [0.2, 0.25) is 5.91 Å². The third-order valence-corrected chi connectivity index (χ3v) is 4.03. The van der Waals surface area contributed by atoms with E-state index in [1.807, 2.05) is 30.3 Å². The number of nitrogens with zero attached hydrogens (tertiary/aromatic N) is 3. The van der Waals surface area contributed by atoms with E-state index < -0.39 is 0 Å². The van der Waals surface area contributed by atoms with Gasteiger partial charge in [0.1, 0.15) is 11.8 Å². The van der Waals surface area contributed by atoms with E-state index in [4.69, 9.17) is 5.26 Å². The van der Waals surface area contributed by atoms with Gasteiger partial charge >= 0.3 is 0 Å². The zero-order valence-electron chi connectivity index (χ0n) is 12.9. The first-order chi connectivity index (χ1) is 11.0. The van der Waals surface area contributed by atoms with Crippen LogP contribution in [0.1, 0.15) is 23.0 Å². The van der Waals surface area contributed by atoms with Gasteiger partial charge in [-0.2, -0.15) is 5.26 Å². The molecule has 0 saturated carbocycles. The molecule has 3 rings (SSSR count). The number of hydrogen-bond donors (Lipinski definition) is 1. The molecule has 0 aliphatic carbocycles. The summed E-state index contributed by atoms with van der Waals surface area (Å²) in [5.41, 5.74) is 2.12. The van der Waals surface area contributed by atoms with Crippen molar-refractivity contribution >= 4 is 23.2 Å². The Balaban J connectivity index is 2.07. The quantitative estimate of drug-likeness (QED) is 0.876. The predicted molar refractivity (Wildman–Crippen MR) is 86.2 cm³/mol. The minimum atomic E-state index is -0.318. The molecule has 1 aromatic carbocycles. The summed E-state index contributed by atoms with van der Waals surface area (Å²) >= 11 is 0. The lowest BCUT2D eigenvalue weighted by atomic mass is 10.1. The first-order valence-corrected chi connectivity index (χ1v) is 7.30. The predicted octanol–water partition coefficient (Wildman–Crippen LogP) is 2.15. The molecule has 0 bridgehead atoms. The van der Waals surface area contributed by atoms with Gasteiger partial charge < -0.3 is 14.8 Å². The van der Waals surface area contributed by atoms with Crippen molar-refractivity contribution in [1.82, 2.24) is 4.98 Å². The molecule has 2 amide bonds. The Morgan fingerprint density at radius 2 is 2.04 bits per heavy atom. The first kappa shape index (κ1) is 14.9. The van der Waals surface area contributed by atoms with E-state index in [9.17, 15) is 9.59 Å². The number of nitriles is 1. The maximum Gasteiger partial charge on any atom is 0.274 e. The van der Waals surface area contributed by atoms with Crippen LogP contribution in [0.4, 0.5) is 11.4 Å². The molecule has 1 unspecified atom stereocenters. The zero-order valence-corrected chi connectivity index (χ0v) is 12.9. The monoisotopic (exact) mass is 308 g/mol. The van der Waals surface area contributed by atoms with Gasteiger partial charge in [-0.05, 0) is 18.2 Å². The van der Waals surface area contributed by atoms with Crippen LogP contribution in [-0.2, 0) is 4.79 Å². The highest BCUT2D eigenvalue weighted by atomic mass is 16.2. The van der Waals surface area contributed by atoms with E-state index in [2.05, 4.69) is 4.98 Å². The molecule has 6 nitrogen and oxygen atoms in total. The van der Waals surface area contributed by atoms with Crippen molar-refractivity contribution in [2.75, 3.05) is 23.4 Å². The van der Waals surface area contributed by atoms with Gasteiger partial charge in [-0.3, -0.25) is 9.59 Å². The second-order valence-corrected chi connectivity index (χ2v) is 5.62. The highest BCUT2D eigenvalue weighted by Crippen LogP contribution is 2.33.